The normalized spacial score (nSPS) is 20.7. The number of nitriles is 1. The molecule has 1 aliphatic rings. The molecular formula is C15H23F3N2O. The van der Waals surface area contributed by atoms with Gasteiger partial charge in [-0.05, 0) is 51.4 Å². The first kappa shape index (κ1) is 17.8. The molecule has 0 N–H and O–H groups in total. The van der Waals surface area contributed by atoms with Gasteiger partial charge in [0.05, 0.1) is 11.8 Å². The number of rotatable bonds is 7. The predicted molar refractivity (Wildman–Crippen MR) is 74.6 cm³/mol. The van der Waals surface area contributed by atoms with Crippen LogP contribution in [0, 0.1) is 23.2 Å². The summed E-state index contributed by atoms with van der Waals surface area (Å²) in [5.74, 6) is 0.147. The fraction of sp³-hybridized carbons (Fsp3) is 0.867. The molecule has 0 radical (unpaired) electrons. The Bertz CT molecular complexity index is 364. The fourth-order valence-corrected chi connectivity index (χ4v) is 2.72. The van der Waals surface area contributed by atoms with E-state index in [0.717, 1.165) is 31.4 Å². The molecule has 1 atom stereocenters. The first-order chi connectivity index (χ1) is 9.96. The summed E-state index contributed by atoms with van der Waals surface area (Å²) in [6.45, 7) is 2.43. The third-order valence-corrected chi connectivity index (χ3v) is 3.89. The van der Waals surface area contributed by atoms with Crippen LogP contribution in [0.25, 0.3) is 0 Å². The zero-order chi connectivity index (χ0) is 15.7. The Morgan fingerprint density at radius 1 is 1.33 bits per heavy atom. The van der Waals surface area contributed by atoms with Gasteiger partial charge >= 0.3 is 6.18 Å². The Hall–Kier alpha value is -1.25. The number of hydrogen-bond donors (Lipinski definition) is 0. The summed E-state index contributed by atoms with van der Waals surface area (Å²) < 4.78 is 36.2. The highest BCUT2D eigenvalue weighted by molar-refractivity contribution is 5.84. The molecule has 0 aromatic rings. The van der Waals surface area contributed by atoms with Crippen LogP contribution in [-0.4, -0.2) is 18.5 Å². The smallest absolute Gasteiger partial charge is 0.389 e. The summed E-state index contributed by atoms with van der Waals surface area (Å²) in [7, 11) is 0. The van der Waals surface area contributed by atoms with Gasteiger partial charge in [0, 0.05) is 12.3 Å². The standard InChI is InChI=1S/C15H23F3N2O/c1-2-21-20-14-8-6-12(7-9-14)13(11-19)5-3-4-10-15(16,17)18/h12-13H,2-10H2,1H3. The highest BCUT2D eigenvalue weighted by Crippen LogP contribution is 2.32. The number of hydrogen-bond acceptors (Lipinski definition) is 3. The summed E-state index contributed by atoms with van der Waals surface area (Å²) >= 11 is 0. The second kappa shape index (κ2) is 8.91. The van der Waals surface area contributed by atoms with E-state index in [-0.39, 0.29) is 18.3 Å². The molecular weight excluding hydrogens is 281 g/mol. The molecule has 0 spiro atoms. The Morgan fingerprint density at radius 2 is 2.00 bits per heavy atom. The van der Waals surface area contributed by atoms with Crippen LogP contribution < -0.4 is 0 Å². The zero-order valence-electron chi connectivity index (χ0n) is 12.5. The third kappa shape index (κ3) is 7.35. The topological polar surface area (TPSA) is 45.4 Å². The minimum atomic E-state index is -4.09. The highest BCUT2D eigenvalue weighted by atomic mass is 19.4. The number of oxime groups is 1. The van der Waals surface area contributed by atoms with Crippen LogP contribution in [0.1, 0.15) is 58.3 Å². The summed E-state index contributed by atoms with van der Waals surface area (Å²) in [4.78, 5) is 5.02. The monoisotopic (exact) mass is 304 g/mol. The maximum Gasteiger partial charge on any atom is 0.389 e. The van der Waals surface area contributed by atoms with Gasteiger partial charge in [-0.25, -0.2) is 0 Å². The van der Waals surface area contributed by atoms with Gasteiger partial charge in [-0.15, -0.1) is 0 Å². The van der Waals surface area contributed by atoms with E-state index in [1.54, 1.807) is 0 Å². The van der Waals surface area contributed by atoms with Crippen LogP contribution in [0.2, 0.25) is 0 Å². The lowest BCUT2D eigenvalue weighted by atomic mass is 9.78. The molecule has 6 heteroatoms. The molecule has 0 amide bonds. The maximum atomic E-state index is 12.1. The van der Waals surface area contributed by atoms with Crippen molar-refractivity contribution in [3.63, 3.8) is 0 Å². The van der Waals surface area contributed by atoms with Crippen LogP contribution in [0.15, 0.2) is 5.16 Å². The predicted octanol–water partition coefficient (Wildman–Crippen LogP) is 4.83. The molecule has 0 aliphatic heterocycles. The summed E-state index contributed by atoms with van der Waals surface area (Å²) in [6.07, 6.45) is -0.281. The third-order valence-electron chi connectivity index (χ3n) is 3.89. The molecule has 1 fully saturated rings. The Morgan fingerprint density at radius 3 is 2.52 bits per heavy atom. The van der Waals surface area contributed by atoms with Crippen LogP contribution in [0.4, 0.5) is 13.2 Å². The van der Waals surface area contributed by atoms with E-state index in [4.69, 9.17) is 4.84 Å². The molecule has 0 aromatic heterocycles. The second-order valence-corrected chi connectivity index (χ2v) is 5.51. The van der Waals surface area contributed by atoms with Crippen LogP contribution >= 0.6 is 0 Å². The molecule has 1 rings (SSSR count). The van der Waals surface area contributed by atoms with Crippen molar-refractivity contribution in [2.45, 2.75) is 64.5 Å². The minimum Gasteiger partial charge on any atom is -0.396 e. The number of unbranched alkanes of at least 4 members (excludes halogenated alkanes) is 1. The number of nitrogens with zero attached hydrogens (tertiary/aromatic N) is 2. The first-order valence-corrected chi connectivity index (χ1v) is 7.60. The largest absolute Gasteiger partial charge is 0.396 e. The quantitative estimate of drug-likeness (QED) is 0.499. The first-order valence-electron chi connectivity index (χ1n) is 7.60. The van der Waals surface area contributed by atoms with Crippen molar-refractivity contribution in [2.75, 3.05) is 6.61 Å². The van der Waals surface area contributed by atoms with Crippen LogP contribution in [-0.2, 0) is 4.84 Å². The second-order valence-electron chi connectivity index (χ2n) is 5.51. The Balaban J connectivity index is 2.30. The zero-order valence-corrected chi connectivity index (χ0v) is 12.5. The SMILES string of the molecule is CCON=C1CCC(C(C#N)CCCCC(F)(F)F)CC1. The fourth-order valence-electron chi connectivity index (χ4n) is 2.72. The minimum absolute atomic E-state index is 0.117. The van der Waals surface area contributed by atoms with E-state index in [9.17, 15) is 18.4 Å². The van der Waals surface area contributed by atoms with Gasteiger partial charge in [-0.2, -0.15) is 18.4 Å². The number of alkyl halides is 3. The van der Waals surface area contributed by atoms with Crippen molar-refractivity contribution in [1.82, 2.24) is 0 Å². The molecule has 3 nitrogen and oxygen atoms in total. The van der Waals surface area contributed by atoms with Gasteiger partial charge in [0.1, 0.15) is 6.61 Å². The van der Waals surface area contributed by atoms with E-state index >= 15 is 0 Å². The molecule has 0 bridgehead atoms. The van der Waals surface area contributed by atoms with Crippen molar-refractivity contribution < 1.29 is 18.0 Å². The van der Waals surface area contributed by atoms with Gasteiger partial charge in [-0.3, -0.25) is 0 Å². The molecule has 1 aliphatic carbocycles. The Labute approximate surface area is 124 Å². The summed E-state index contributed by atoms with van der Waals surface area (Å²) in [5.41, 5.74) is 1.03. The van der Waals surface area contributed by atoms with E-state index in [2.05, 4.69) is 11.2 Å². The molecule has 21 heavy (non-hydrogen) atoms. The van der Waals surface area contributed by atoms with Crippen molar-refractivity contribution in [3.05, 3.63) is 0 Å². The van der Waals surface area contributed by atoms with Gasteiger partial charge < -0.3 is 4.84 Å². The Kier molecular flexibility index (Phi) is 7.55. The molecule has 1 saturated carbocycles. The van der Waals surface area contributed by atoms with Crippen LogP contribution in [0.3, 0.4) is 0 Å². The van der Waals surface area contributed by atoms with E-state index in [0.29, 0.717) is 19.4 Å². The summed E-state index contributed by atoms with van der Waals surface area (Å²) in [6, 6.07) is 2.28. The van der Waals surface area contributed by atoms with Gasteiger partial charge in [0.2, 0.25) is 0 Å². The summed E-state index contributed by atoms with van der Waals surface area (Å²) in [5, 5.41) is 13.3. The van der Waals surface area contributed by atoms with Crippen molar-refractivity contribution >= 4 is 5.71 Å². The lowest BCUT2D eigenvalue weighted by Crippen LogP contribution is -2.21. The van der Waals surface area contributed by atoms with Crippen molar-refractivity contribution in [1.29, 1.82) is 5.26 Å². The molecule has 120 valence electrons. The lowest BCUT2D eigenvalue weighted by molar-refractivity contribution is -0.135. The van der Waals surface area contributed by atoms with Crippen molar-refractivity contribution in [2.24, 2.45) is 17.0 Å². The van der Waals surface area contributed by atoms with E-state index in [1.807, 2.05) is 6.92 Å². The maximum absolute atomic E-state index is 12.1. The molecule has 0 aromatic carbocycles. The average molecular weight is 304 g/mol. The van der Waals surface area contributed by atoms with Crippen molar-refractivity contribution in [3.8, 4) is 6.07 Å². The molecule has 0 saturated heterocycles. The van der Waals surface area contributed by atoms with Gasteiger partial charge in [0.25, 0.3) is 0 Å². The van der Waals surface area contributed by atoms with Gasteiger partial charge in [0.15, 0.2) is 0 Å². The lowest BCUT2D eigenvalue weighted by Gasteiger charge is -2.26. The number of halogens is 3. The van der Waals surface area contributed by atoms with Crippen LogP contribution in [0.5, 0.6) is 0 Å². The molecule has 0 heterocycles. The van der Waals surface area contributed by atoms with E-state index < -0.39 is 12.6 Å². The van der Waals surface area contributed by atoms with E-state index in [1.165, 1.54) is 0 Å². The average Bonchev–Trinajstić information content (AvgIpc) is 2.45. The molecule has 1 unspecified atom stereocenters. The van der Waals surface area contributed by atoms with Gasteiger partial charge in [-0.1, -0.05) is 11.6 Å². The highest BCUT2D eigenvalue weighted by Gasteiger charge is 2.28.